The van der Waals surface area contributed by atoms with E-state index in [0.717, 1.165) is 18.7 Å². The van der Waals surface area contributed by atoms with E-state index in [4.69, 9.17) is 4.74 Å². The topological polar surface area (TPSA) is 29.5 Å². The summed E-state index contributed by atoms with van der Waals surface area (Å²) in [5.41, 5.74) is 3.16. The lowest BCUT2D eigenvalue weighted by Gasteiger charge is -2.31. The Morgan fingerprint density at radius 2 is 2.05 bits per heavy atom. The molecule has 0 aromatic heterocycles. The number of rotatable bonds is 2. The summed E-state index contributed by atoms with van der Waals surface area (Å²) >= 11 is 0. The van der Waals surface area contributed by atoms with Gasteiger partial charge in [-0.05, 0) is 44.0 Å². The van der Waals surface area contributed by atoms with Gasteiger partial charge in [-0.25, -0.2) is 4.79 Å². The number of benzene rings is 1. The SMILES string of the molecule is COC(=O)c1cccc(C2=CCN(C(C)(C)C)C2)c1. The summed E-state index contributed by atoms with van der Waals surface area (Å²) in [4.78, 5) is 14.0. The molecule has 0 amide bonds. The van der Waals surface area contributed by atoms with Gasteiger partial charge in [-0.2, -0.15) is 0 Å². The first-order valence-electron chi connectivity index (χ1n) is 6.54. The molecule has 3 nitrogen and oxygen atoms in total. The average molecular weight is 259 g/mol. The molecule has 1 aromatic rings. The third kappa shape index (κ3) is 3.04. The molecule has 0 N–H and O–H groups in total. The number of carbonyl (C=O) groups is 1. The van der Waals surface area contributed by atoms with Gasteiger partial charge in [-0.1, -0.05) is 18.2 Å². The normalized spacial score (nSPS) is 16.3. The Morgan fingerprint density at radius 3 is 2.63 bits per heavy atom. The summed E-state index contributed by atoms with van der Waals surface area (Å²) in [5.74, 6) is -0.284. The minimum absolute atomic E-state index is 0.165. The summed E-state index contributed by atoms with van der Waals surface area (Å²) in [6.07, 6.45) is 2.24. The second-order valence-corrected chi connectivity index (χ2v) is 5.85. The van der Waals surface area contributed by atoms with Crippen LogP contribution in [0.4, 0.5) is 0 Å². The maximum absolute atomic E-state index is 11.6. The van der Waals surface area contributed by atoms with Crippen molar-refractivity contribution in [2.45, 2.75) is 26.3 Å². The maximum atomic E-state index is 11.6. The quantitative estimate of drug-likeness (QED) is 0.765. The van der Waals surface area contributed by atoms with E-state index < -0.39 is 0 Å². The van der Waals surface area contributed by atoms with Crippen molar-refractivity contribution in [3.05, 3.63) is 41.5 Å². The number of carbonyl (C=O) groups excluding carboxylic acids is 1. The Labute approximate surface area is 114 Å². The zero-order valence-electron chi connectivity index (χ0n) is 12.1. The van der Waals surface area contributed by atoms with E-state index >= 15 is 0 Å². The Bertz CT molecular complexity index is 512. The van der Waals surface area contributed by atoms with Gasteiger partial charge in [0.2, 0.25) is 0 Å². The number of hydrogen-bond acceptors (Lipinski definition) is 3. The maximum Gasteiger partial charge on any atom is 0.337 e. The molecule has 0 fully saturated rings. The monoisotopic (exact) mass is 259 g/mol. The van der Waals surface area contributed by atoms with Gasteiger partial charge in [0.25, 0.3) is 0 Å². The Morgan fingerprint density at radius 1 is 1.32 bits per heavy atom. The van der Waals surface area contributed by atoms with Gasteiger partial charge in [0.05, 0.1) is 12.7 Å². The summed E-state index contributed by atoms with van der Waals surface area (Å²) in [6, 6.07) is 7.64. The third-order valence-corrected chi connectivity index (χ3v) is 3.52. The van der Waals surface area contributed by atoms with Crippen LogP contribution in [0.15, 0.2) is 30.3 Å². The molecule has 19 heavy (non-hydrogen) atoms. The van der Waals surface area contributed by atoms with E-state index in [1.807, 2.05) is 18.2 Å². The zero-order chi connectivity index (χ0) is 14.0. The summed E-state index contributed by atoms with van der Waals surface area (Å²) in [7, 11) is 1.41. The fourth-order valence-corrected chi connectivity index (χ4v) is 2.24. The molecule has 0 saturated carbocycles. The molecular weight excluding hydrogens is 238 g/mol. The third-order valence-electron chi connectivity index (χ3n) is 3.52. The lowest BCUT2D eigenvalue weighted by molar-refractivity contribution is 0.0600. The van der Waals surface area contributed by atoms with Crippen LogP contribution in [0.5, 0.6) is 0 Å². The first-order valence-corrected chi connectivity index (χ1v) is 6.54. The molecular formula is C16H21NO2. The van der Waals surface area contributed by atoms with Crippen molar-refractivity contribution in [3.8, 4) is 0 Å². The van der Waals surface area contributed by atoms with Crippen LogP contribution in [0.2, 0.25) is 0 Å². The van der Waals surface area contributed by atoms with Crippen LogP contribution >= 0.6 is 0 Å². The molecule has 102 valence electrons. The molecule has 0 spiro atoms. The molecule has 0 aliphatic carbocycles. The number of esters is 1. The molecule has 0 unspecified atom stereocenters. The lowest BCUT2D eigenvalue weighted by atomic mass is 10.0. The highest BCUT2D eigenvalue weighted by molar-refractivity contribution is 5.90. The summed E-state index contributed by atoms with van der Waals surface area (Å²) < 4.78 is 4.76. The molecule has 0 radical (unpaired) electrons. The zero-order valence-corrected chi connectivity index (χ0v) is 12.1. The molecule has 1 heterocycles. The second-order valence-electron chi connectivity index (χ2n) is 5.85. The van der Waals surface area contributed by atoms with Crippen molar-refractivity contribution in [2.24, 2.45) is 0 Å². The molecule has 1 aliphatic rings. The molecule has 3 heteroatoms. The van der Waals surface area contributed by atoms with Gasteiger partial charge in [-0.15, -0.1) is 0 Å². The van der Waals surface area contributed by atoms with Crippen molar-refractivity contribution in [1.29, 1.82) is 0 Å². The van der Waals surface area contributed by atoms with Gasteiger partial charge in [-0.3, -0.25) is 4.90 Å². The van der Waals surface area contributed by atoms with Crippen LogP contribution in [-0.4, -0.2) is 36.6 Å². The van der Waals surface area contributed by atoms with Crippen LogP contribution in [-0.2, 0) is 4.74 Å². The van der Waals surface area contributed by atoms with Gasteiger partial charge >= 0.3 is 5.97 Å². The predicted octanol–water partition coefficient (Wildman–Crippen LogP) is 2.97. The molecule has 0 atom stereocenters. The van der Waals surface area contributed by atoms with E-state index in [0.29, 0.717) is 5.56 Å². The Hall–Kier alpha value is -1.61. The molecule has 0 bridgehead atoms. The fraction of sp³-hybridized carbons (Fsp3) is 0.438. The van der Waals surface area contributed by atoms with E-state index in [9.17, 15) is 4.79 Å². The van der Waals surface area contributed by atoms with Crippen molar-refractivity contribution in [1.82, 2.24) is 4.90 Å². The number of ether oxygens (including phenoxy) is 1. The number of hydrogen-bond donors (Lipinski definition) is 0. The predicted molar refractivity (Wildman–Crippen MR) is 77.1 cm³/mol. The van der Waals surface area contributed by atoms with Crippen LogP contribution < -0.4 is 0 Å². The van der Waals surface area contributed by atoms with Crippen molar-refractivity contribution < 1.29 is 9.53 Å². The molecule has 1 aliphatic heterocycles. The summed E-state index contributed by atoms with van der Waals surface area (Å²) in [6.45, 7) is 8.54. The minimum atomic E-state index is -0.284. The van der Waals surface area contributed by atoms with Crippen LogP contribution in [0.25, 0.3) is 5.57 Å². The average Bonchev–Trinajstić information content (AvgIpc) is 2.87. The van der Waals surface area contributed by atoms with Gasteiger partial charge in [0.1, 0.15) is 0 Å². The Kier molecular flexibility index (Phi) is 3.76. The van der Waals surface area contributed by atoms with E-state index in [-0.39, 0.29) is 11.5 Å². The molecule has 2 rings (SSSR count). The van der Waals surface area contributed by atoms with Gasteiger partial charge in [0, 0.05) is 18.6 Å². The van der Waals surface area contributed by atoms with E-state index in [2.05, 4.69) is 31.7 Å². The number of nitrogens with zero attached hydrogens (tertiary/aromatic N) is 1. The minimum Gasteiger partial charge on any atom is -0.465 e. The smallest absolute Gasteiger partial charge is 0.337 e. The van der Waals surface area contributed by atoms with Crippen LogP contribution in [0, 0.1) is 0 Å². The van der Waals surface area contributed by atoms with Crippen molar-refractivity contribution in [2.75, 3.05) is 20.2 Å². The Balaban J connectivity index is 2.18. The van der Waals surface area contributed by atoms with Crippen LogP contribution in [0.1, 0.15) is 36.7 Å². The highest BCUT2D eigenvalue weighted by Crippen LogP contribution is 2.26. The molecule has 1 aromatic carbocycles. The highest BCUT2D eigenvalue weighted by Gasteiger charge is 2.25. The van der Waals surface area contributed by atoms with E-state index in [1.54, 1.807) is 6.07 Å². The lowest BCUT2D eigenvalue weighted by Crippen LogP contribution is -2.39. The highest BCUT2D eigenvalue weighted by atomic mass is 16.5. The largest absolute Gasteiger partial charge is 0.465 e. The molecule has 0 saturated heterocycles. The van der Waals surface area contributed by atoms with Crippen LogP contribution in [0.3, 0.4) is 0 Å². The first kappa shape index (κ1) is 13.8. The van der Waals surface area contributed by atoms with Gasteiger partial charge < -0.3 is 4.74 Å². The van der Waals surface area contributed by atoms with Crippen molar-refractivity contribution >= 4 is 11.5 Å². The van der Waals surface area contributed by atoms with E-state index in [1.165, 1.54) is 12.7 Å². The first-order chi connectivity index (χ1) is 8.91. The van der Waals surface area contributed by atoms with Crippen molar-refractivity contribution in [3.63, 3.8) is 0 Å². The standard InChI is InChI=1S/C16H21NO2/c1-16(2,3)17-9-8-14(11-17)12-6-5-7-13(10-12)15(18)19-4/h5-8,10H,9,11H2,1-4H3. The number of methoxy groups -OCH3 is 1. The van der Waals surface area contributed by atoms with Gasteiger partial charge in [0.15, 0.2) is 0 Å². The second kappa shape index (κ2) is 5.17. The fourth-order valence-electron chi connectivity index (χ4n) is 2.24. The summed E-state index contributed by atoms with van der Waals surface area (Å²) in [5, 5.41) is 0.